The highest BCUT2D eigenvalue weighted by Gasteiger charge is 2.09. The summed E-state index contributed by atoms with van der Waals surface area (Å²) in [5.41, 5.74) is 1.97. The van der Waals surface area contributed by atoms with Gasteiger partial charge in [0, 0.05) is 18.0 Å². The van der Waals surface area contributed by atoms with Gasteiger partial charge in [0.05, 0.1) is 11.4 Å². The fourth-order valence-corrected chi connectivity index (χ4v) is 1.81. The summed E-state index contributed by atoms with van der Waals surface area (Å²) in [5, 5.41) is 6.93. The van der Waals surface area contributed by atoms with E-state index >= 15 is 0 Å². The van der Waals surface area contributed by atoms with Crippen molar-refractivity contribution in [3.63, 3.8) is 0 Å². The van der Waals surface area contributed by atoms with Crippen molar-refractivity contribution >= 4 is 11.6 Å². The highest BCUT2D eigenvalue weighted by Crippen LogP contribution is 2.19. The molecule has 0 aliphatic heterocycles. The highest BCUT2D eigenvalue weighted by atomic mass is 16.1. The fraction of sp³-hybridized carbons (Fsp3) is 0. The molecule has 2 heterocycles. The lowest BCUT2D eigenvalue weighted by Gasteiger charge is -2.10. The molecular weight excluding hydrogens is 254 g/mol. The number of carbonyl (C=O) groups excluding carboxylic acids is 1. The molecule has 1 amide bonds. The third-order valence-corrected chi connectivity index (χ3v) is 2.76. The number of carbonyl (C=O) groups is 1. The molecule has 20 heavy (non-hydrogen) atoms. The smallest absolute Gasteiger partial charge is 0.255 e. The number of nitrogens with zero attached hydrogens (tertiary/aromatic N) is 4. The average molecular weight is 265 g/mol. The largest absolute Gasteiger partial charge is 0.320 e. The van der Waals surface area contributed by atoms with E-state index in [4.69, 9.17) is 0 Å². The van der Waals surface area contributed by atoms with Crippen LogP contribution >= 0.6 is 0 Å². The summed E-state index contributed by atoms with van der Waals surface area (Å²) >= 11 is 0. The highest BCUT2D eigenvalue weighted by molar-refractivity contribution is 6.05. The Bertz CT molecular complexity index is 709. The van der Waals surface area contributed by atoms with Crippen molar-refractivity contribution in [2.24, 2.45) is 0 Å². The molecule has 6 heteroatoms. The first-order valence-corrected chi connectivity index (χ1v) is 6.00. The lowest BCUT2D eigenvalue weighted by Crippen LogP contribution is -2.13. The molecule has 0 radical (unpaired) electrons. The van der Waals surface area contributed by atoms with Crippen molar-refractivity contribution in [1.29, 1.82) is 0 Å². The van der Waals surface area contributed by atoms with E-state index in [-0.39, 0.29) is 5.91 Å². The third-order valence-electron chi connectivity index (χ3n) is 2.76. The van der Waals surface area contributed by atoms with E-state index in [2.05, 4.69) is 20.4 Å². The van der Waals surface area contributed by atoms with Crippen molar-refractivity contribution < 1.29 is 4.79 Å². The van der Waals surface area contributed by atoms with Crippen LogP contribution in [-0.2, 0) is 0 Å². The van der Waals surface area contributed by atoms with E-state index in [1.165, 1.54) is 6.33 Å². The Morgan fingerprint density at radius 3 is 2.60 bits per heavy atom. The van der Waals surface area contributed by atoms with Gasteiger partial charge < -0.3 is 5.32 Å². The van der Waals surface area contributed by atoms with Gasteiger partial charge in [-0.2, -0.15) is 5.10 Å². The summed E-state index contributed by atoms with van der Waals surface area (Å²) in [6.45, 7) is 0. The summed E-state index contributed by atoms with van der Waals surface area (Å²) in [6.07, 6.45) is 6.19. The molecular formula is C14H11N5O. The van der Waals surface area contributed by atoms with Gasteiger partial charge in [-0.05, 0) is 24.3 Å². The average Bonchev–Trinajstić information content (AvgIpc) is 3.03. The Balaban J connectivity index is 1.90. The molecule has 6 nitrogen and oxygen atoms in total. The number of benzene rings is 1. The van der Waals surface area contributed by atoms with Gasteiger partial charge in [-0.1, -0.05) is 12.1 Å². The molecule has 1 N–H and O–H groups in total. The minimum Gasteiger partial charge on any atom is -0.320 e. The number of rotatable bonds is 3. The maximum absolute atomic E-state index is 12.2. The Morgan fingerprint density at radius 1 is 1.05 bits per heavy atom. The fourth-order valence-electron chi connectivity index (χ4n) is 1.81. The predicted molar refractivity (Wildman–Crippen MR) is 73.5 cm³/mol. The van der Waals surface area contributed by atoms with Crippen LogP contribution in [0.1, 0.15) is 10.4 Å². The first-order chi connectivity index (χ1) is 9.84. The number of anilines is 1. The van der Waals surface area contributed by atoms with Crippen molar-refractivity contribution in [1.82, 2.24) is 19.7 Å². The van der Waals surface area contributed by atoms with Crippen LogP contribution in [0.3, 0.4) is 0 Å². The summed E-state index contributed by atoms with van der Waals surface area (Å²) in [4.78, 5) is 20.0. The van der Waals surface area contributed by atoms with E-state index in [0.29, 0.717) is 11.3 Å². The van der Waals surface area contributed by atoms with Crippen LogP contribution in [-0.4, -0.2) is 25.7 Å². The minimum absolute atomic E-state index is 0.194. The zero-order valence-corrected chi connectivity index (χ0v) is 10.5. The Labute approximate surface area is 115 Å². The summed E-state index contributed by atoms with van der Waals surface area (Å²) in [5.74, 6) is -0.194. The van der Waals surface area contributed by atoms with Crippen LogP contribution in [0.25, 0.3) is 5.69 Å². The molecule has 98 valence electrons. The van der Waals surface area contributed by atoms with Crippen LogP contribution in [0, 0.1) is 0 Å². The van der Waals surface area contributed by atoms with Crippen LogP contribution in [0.4, 0.5) is 5.69 Å². The number of amides is 1. The molecule has 0 spiro atoms. The molecule has 2 aromatic heterocycles. The van der Waals surface area contributed by atoms with Crippen molar-refractivity contribution in [3.8, 4) is 5.69 Å². The number of para-hydroxylation sites is 2. The van der Waals surface area contributed by atoms with Crippen molar-refractivity contribution in [2.45, 2.75) is 0 Å². The maximum atomic E-state index is 12.2. The van der Waals surface area contributed by atoms with Gasteiger partial charge >= 0.3 is 0 Å². The molecule has 0 aliphatic rings. The quantitative estimate of drug-likeness (QED) is 0.785. The van der Waals surface area contributed by atoms with Crippen LogP contribution in [0.2, 0.25) is 0 Å². The van der Waals surface area contributed by atoms with Gasteiger partial charge in [0.2, 0.25) is 0 Å². The molecule has 3 rings (SSSR count). The van der Waals surface area contributed by atoms with Crippen LogP contribution in [0.5, 0.6) is 0 Å². The minimum atomic E-state index is -0.194. The van der Waals surface area contributed by atoms with Gasteiger partial charge in [0.15, 0.2) is 0 Å². The van der Waals surface area contributed by atoms with E-state index in [9.17, 15) is 4.79 Å². The second-order valence-electron chi connectivity index (χ2n) is 4.05. The molecule has 0 fully saturated rings. The maximum Gasteiger partial charge on any atom is 0.255 e. The number of nitrogens with one attached hydrogen (secondary N) is 1. The summed E-state index contributed by atoms with van der Waals surface area (Å²) in [7, 11) is 0. The first kappa shape index (κ1) is 12.0. The normalized spacial score (nSPS) is 10.2. The Hall–Kier alpha value is -3.02. The van der Waals surface area contributed by atoms with Gasteiger partial charge in [0.1, 0.15) is 12.7 Å². The zero-order chi connectivity index (χ0) is 13.8. The number of pyridine rings is 1. The van der Waals surface area contributed by atoms with Gasteiger partial charge in [-0.15, -0.1) is 0 Å². The summed E-state index contributed by atoms with van der Waals surface area (Å²) < 4.78 is 1.60. The van der Waals surface area contributed by atoms with Crippen LogP contribution in [0.15, 0.2) is 61.4 Å². The molecule has 0 saturated heterocycles. The Kier molecular flexibility index (Phi) is 3.20. The van der Waals surface area contributed by atoms with Gasteiger partial charge in [-0.3, -0.25) is 9.78 Å². The SMILES string of the molecule is O=C(Nc1ccccc1-n1cncn1)c1ccncc1. The number of hydrogen-bond acceptors (Lipinski definition) is 4. The number of hydrogen-bond donors (Lipinski definition) is 1. The van der Waals surface area contributed by atoms with Crippen LogP contribution < -0.4 is 5.32 Å². The molecule has 0 unspecified atom stereocenters. The summed E-state index contributed by atoms with van der Waals surface area (Å²) in [6, 6.07) is 10.7. The van der Waals surface area contributed by atoms with E-state index in [1.807, 2.05) is 24.3 Å². The monoisotopic (exact) mass is 265 g/mol. The molecule has 1 aromatic carbocycles. The predicted octanol–water partition coefficient (Wildman–Crippen LogP) is 1.91. The van der Waals surface area contributed by atoms with E-state index < -0.39 is 0 Å². The topological polar surface area (TPSA) is 72.7 Å². The third kappa shape index (κ3) is 2.39. The lowest BCUT2D eigenvalue weighted by molar-refractivity contribution is 0.102. The molecule has 3 aromatic rings. The molecule has 0 bridgehead atoms. The standard InChI is InChI=1S/C14H11N5O/c20-14(11-5-7-15-8-6-11)18-12-3-1-2-4-13(12)19-10-16-9-17-19/h1-10H,(H,18,20). The second-order valence-corrected chi connectivity index (χ2v) is 4.05. The first-order valence-electron chi connectivity index (χ1n) is 6.00. The number of aromatic nitrogens is 4. The molecule has 0 aliphatic carbocycles. The molecule has 0 saturated carbocycles. The van der Waals surface area contributed by atoms with Gasteiger partial charge in [0.25, 0.3) is 5.91 Å². The molecule has 0 atom stereocenters. The Morgan fingerprint density at radius 2 is 1.85 bits per heavy atom. The zero-order valence-electron chi connectivity index (χ0n) is 10.5. The lowest BCUT2D eigenvalue weighted by atomic mass is 10.2. The van der Waals surface area contributed by atoms with E-state index in [1.54, 1.807) is 35.5 Å². The van der Waals surface area contributed by atoms with E-state index in [0.717, 1.165) is 5.69 Å². The van der Waals surface area contributed by atoms with Crippen molar-refractivity contribution in [2.75, 3.05) is 5.32 Å². The second kappa shape index (κ2) is 5.31. The van der Waals surface area contributed by atoms with Crippen molar-refractivity contribution in [3.05, 3.63) is 67.0 Å². The van der Waals surface area contributed by atoms with Gasteiger partial charge in [-0.25, -0.2) is 9.67 Å².